The van der Waals surface area contributed by atoms with Gasteiger partial charge in [-0.05, 0) is 43.3 Å². The highest BCUT2D eigenvalue weighted by molar-refractivity contribution is 5.90. The minimum atomic E-state index is -0.964. The van der Waals surface area contributed by atoms with Crippen molar-refractivity contribution in [2.45, 2.75) is 6.92 Å². The van der Waals surface area contributed by atoms with Crippen molar-refractivity contribution >= 4 is 29.3 Å². The molecule has 1 aromatic heterocycles. The molecule has 0 aliphatic rings. The quantitative estimate of drug-likeness (QED) is 0.316. The predicted molar refractivity (Wildman–Crippen MR) is 118 cm³/mol. The number of benzene rings is 3. The smallest absolute Gasteiger partial charge is 0.338 e. The molecule has 4 aromatic rings. The minimum Gasteiger partial charge on any atom is -0.506 e. The van der Waals surface area contributed by atoms with E-state index in [9.17, 15) is 19.5 Å². The van der Waals surface area contributed by atoms with Gasteiger partial charge >= 0.3 is 11.9 Å². The Bertz CT molecular complexity index is 1240. The number of para-hydroxylation sites is 1. The normalized spacial score (nSPS) is 10.2. The van der Waals surface area contributed by atoms with Gasteiger partial charge in [-0.3, -0.25) is 4.79 Å². The zero-order valence-corrected chi connectivity index (χ0v) is 17.1. The molecule has 0 unspecified atom stereocenters. The lowest BCUT2D eigenvalue weighted by Crippen LogP contribution is -2.04. The second kappa shape index (κ2) is 10.0. The van der Waals surface area contributed by atoms with E-state index in [0.717, 1.165) is 17.4 Å². The number of H-pyrrole nitrogens is 1. The van der Waals surface area contributed by atoms with Gasteiger partial charge in [-0.25, -0.2) is 14.6 Å². The zero-order chi connectivity index (χ0) is 23.1. The van der Waals surface area contributed by atoms with Crippen molar-refractivity contribution < 1.29 is 29.3 Å². The van der Waals surface area contributed by atoms with Crippen molar-refractivity contribution in [3.8, 4) is 17.1 Å². The van der Waals surface area contributed by atoms with Gasteiger partial charge in [0.2, 0.25) is 0 Å². The molecule has 0 radical (unpaired) electrons. The number of carboxylic acids is 1. The van der Waals surface area contributed by atoms with E-state index in [4.69, 9.17) is 9.84 Å². The van der Waals surface area contributed by atoms with Gasteiger partial charge in [-0.15, -0.1) is 0 Å². The van der Waals surface area contributed by atoms with Crippen LogP contribution in [0.5, 0.6) is 5.75 Å². The first-order chi connectivity index (χ1) is 15.4. The summed E-state index contributed by atoms with van der Waals surface area (Å²) in [5.74, 6) is -0.621. The SMILES string of the molecule is CCOC(=O)c1ccc(C=O)cc1.O=C(O)c1ccc(-c2nc3c(O)cccc3[nH]2)cc1. The van der Waals surface area contributed by atoms with E-state index in [1.807, 2.05) is 6.07 Å². The molecule has 0 aliphatic carbocycles. The van der Waals surface area contributed by atoms with Crippen molar-refractivity contribution in [1.29, 1.82) is 0 Å². The molecule has 0 aliphatic heterocycles. The van der Waals surface area contributed by atoms with Gasteiger partial charge in [0.05, 0.1) is 23.3 Å². The van der Waals surface area contributed by atoms with E-state index in [1.54, 1.807) is 55.5 Å². The molecule has 0 spiro atoms. The maximum absolute atomic E-state index is 11.1. The number of nitrogens with one attached hydrogen (secondary N) is 1. The fraction of sp³-hybridized carbons (Fsp3) is 0.0833. The van der Waals surface area contributed by atoms with E-state index < -0.39 is 5.97 Å². The van der Waals surface area contributed by atoms with Crippen LogP contribution in [0, 0.1) is 0 Å². The Morgan fingerprint density at radius 2 is 1.66 bits per heavy atom. The maximum Gasteiger partial charge on any atom is 0.338 e. The number of carboxylic acid groups (broad SMARTS) is 1. The minimum absolute atomic E-state index is 0.113. The highest BCUT2D eigenvalue weighted by Gasteiger charge is 2.09. The van der Waals surface area contributed by atoms with Crippen LogP contribution < -0.4 is 0 Å². The number of aromatic hydroxyl groups is 1. The first-order valence-corrected chi connectivity index (χ1v) is 9.66. The summed E-state index contributed by atoms with van der Waals surface area (Å²) >= 11 is 0. The zero-order valence-electron chi connectivity index (χ0n) is 17.1. The van der Waals surface area contributed by atoms with Gasteiger partial charge in [0.15, 0.2) is 0 Å². The third-order valence-corrected chi connectivity index (χ3v) is 4.45. The van der Waals surface area contributed by atoms with E-state index >= 15 is 0 Å². The highest BCUT2D eigenvalue weighted by Crippen LogP contribution is 2.26. The number of aromatic nitrogens is 2. The van der Waals surface area contributed by atoms with E-state index in [2.05, 4.69) is 9.97 Å². The molecule has 32 heavy (non-hydrogen) atoms. The van der Waals surface area contributed by atoms with Gasteiger partial charge in [-0.2, -0.15) is 0 Å². The number of fused-ring (bicyclic) bond motifs is 1. The first-order valence-electron chi connectivity index (χ1n) is 9.66. The lowest BCUT2D eigenvalue weighted by Gasteiger charge is -2.00. The number of esters is 1. The van der Waals surface area contributed by atoms with E-state index in [-0.39, 0.29) is 17.3 Å². The van der Waals surface area contributed by atoms with Crippen LogP contribution in [0.2, 0.25) is 0 Å². The third-order valence-electron chi connectivity index (χ3n) is 4.45. The first kappa shape index (κ1) is 22.2. The Kier molecular flexibility index (Phi) is 6.97. The predicted octanol–water partition coefficient (Wildman–Crippen LogP) is 4.31. The number of nitrogens with zero attached hydrogens (tertiary/aromatic N) is 1. The average Bonchev–Trinajstić information content (AvgIpc) is 3.26. The standard InChI is InChI=1S/C14H10N2O3.C10H10O3/c17-11-3-1-2-10-12(11)16-13(15-10)8-4-6-9(7-5-8)14(18)19;1-2-13-10(12)9-5-3-8(7-11)4-6-9/h1-7,17H,(H,15,16)(H,18,19);3-7H,2H2,1H3. The molecule has 0 saturated carbocycles. The molecule has 8 nitrogen and oxygen atoms in total. The molecule has 0 amide bonds. The number of aromatic carboxylic acids is 1. The number of carbonyl (C=O) groups is 3. The Labute approximate surface area is 183 Å². The largest absolute Gasteiger partial charge is 0.506 e. The molecule has 0 atom stereocenters. The van der Waals surface area contributed by atoms with Gasteiger partial charge in [-0.1, -0.05) is 30.3 Å². The number of aldehydes is 1. The maximum atomic E-state index is 11.1. The summed E-state index contributed by atoms with van der Waals surface area (Å²) in [6.07, 6.45) is 0.731. The summed E-state index contributed by atoms with van der Waals surface area (Å²) < 4.78 is 4.77. The van der Waals surface area contributed by atoms with Crippen LogP contribution in [-0.2, 0) is 4.74 Å². The summed E-state index contributed by atoms with van der Waals surface area (Å²) in [7, 11) is 0. The molecular weight excluding hydrogens is 412 g/mol. The molecule has 4 rings (SSSR count). The molecular formula is C24H20N2O6. The van der Waals surface area contributed by atoms with Crippen LogP contribution in [0.3, 0.4) is 0 Å². The van der Waals surface area contributed by atoms with Crippen molar-refractivity contribution in [2.75, 3.05) is 6.61 Å². The Balaban J connectivity index is 0.000000195. The topological polar surface area (TPSA) is 130 Å². The molecule has 0 fully saturated rings. The summed E-state index contributed by atoms with van der Waals surface area (Å²) in [5, 5.41) is 18.5. The Morgan fingerprint density at radius 3 is 2.22 bits per heavy atom. The van der Waals surface area contributed by atoms with Crippen LogP contribution in [0.15, 0.2) is 66.7 Å². The molecule has 3 N–H and O–H groups in total. The summed E-state index contributed by atoms with van der Waals surface area (Å²) in [4.78, 5) is 39.6. The van der Waals surface area contributed by atoms with Gasteiger partial charge < -0.3 is 19.9 Å². The van der Waals surface area contributed by atoms with Crippen molar-refractivity contribution in [3.63, 3.8) is 0 Å². The summed E-state index contributed by atoms with van der Waals surface area (Å²) in [6, 6.07) is 17.8. The number of phenols is 1. The van der Waals surface area contributed by atoms with Gasteiger partial charge in [0.25, 0.3) is 0 Å². The van der Waals surface area contributed by atoms with Crippen LogP contribution in [-0.4, -0.2) is 45.0 Å². The van der Waals surface area contributed by atoms with Gasteiger partial charge in [0, 0.05) is 11.1 Å². The van der Waals surface area contributed by atoms with Crippen molar-refractivity contribution in [2.24, 2.45) is 0 Å². The Morgan fingerprint density at radius 1 is 1.00 bits per heavy atom. The van der Waals surface area contributed by atoms with Crippen LogP contribution >= 0.6 is 0 Å². The second-order valence-electron chi connectivity index (χ2n) is 6.60. The monoisotopic (exact) mass is 432 g/mol. The molecule has 8 heteroatoms. The highest BCUT2D eigenvalue weighted by atomic mass is 16.5. The van der Waals surface area contributed by atoms with Crippen molar-refractivity contribution in [3.05, 3.63) is 83.4 Å². The molecule has 1 heterocycles. The lowest BCUT2D eigenvalue weighted by molar-refractivity contribution is 0.0525. The van der Waals surface area contributed by atoms with E-state index in [1.165, 1.54) is 12.1 Å². The lowest BCUT2D eigenvalue weighted by atomic mass is 10.1. The molecule has 162 valence electrons. The fourth-order valence-electron chi connectivity index (χ4n) is 2.84. The summed E-state index contributed by atoms with van der Waals surface area (Å²) in [6.45, 7) is 2.10. The van der Waals surface area contributed by atoms with Crippen LogP contribution in [0.1, 0.15) is 38.0 Å². The summed E-state index contributed by atoms with van der Waals surface area (Å²) in [5.41, 5.74) is 3.24. The van der Waals surface area contributed by atoms with Crippen molar-refractivity contribution in [1.82, 2.24) is 9.97 Å². The number of imidazole rings is 1. The van der Waals surface area contributed by atoms with E-state index in [0.29, 0.717) is 29.1 Å². The molecule has 3 aromatic carbocycles. The van der Waals surface area contributed by atoms with Crippen LogP contribution in [0.25, 0.3) is 22.4 Å². The number of aromatic amines is 1. The number of hydrogen-bond donors (Lipinski definition) is 3. The third kappa shape index (κ3) is 5.17. The number of phenolic OH excluding ortho intramolecular Hbond substituents is 1. The van der Waals surface area contributed by atoms with Gasteiger partial charge in [0.1, 0.15) is 23.4 Å². The number of hydrogen-bond acceptors (Lipinski definition) is 6. The fourth-order valence-corrected chi connectivity index (χ4v) is 2.84. The Hall–Kier alpha value is -4.46. The number of rotatable bonds is 5. The average molecular weight is 432 g/mol. The number of carbonyl (C=O) groups excluding carboxylic acids is 2. The second-order valence-corrected chi connectivity index (χ2v) is 6.60. The molecule has 0 bridgehead atoms. The van der Waals surface area contributed by atoms with Crippen LogP contribution in [0.4, 0.5) is 0 Å². The molecule has 0 saturated heterocycles. The number of ether oxygens (including phenoxy) is 1.